The van der Waals surface area contributed by atoms with Gasteiger partial charge in [-0.1, -0.05) is 12.1 Å². The lowest BCUT2D eigenvalue weighted by molar-refractivity contribution is 0.102. The number of hydrogen-bond acceptors (Lipinski definition) is 3. The second-order valence-corrected chi connectivity index (χ2v) is 6.10. The van der Waals surface area contributed by atoms with Crippen molar-refractivity contribution in [3.8, 4) is 11.4 Å². The molecule has 0 aliphatic heterocycles. The van der Waals surface area contributed by atoms with Crippen LogP contribution >= 0.6 is 0 Å². The quantitative estimate of drug-likeness (QED) is 0.587. The normalized spacial score (nSPS) is 10.7. The van der Waals surface area contributed by atoms with Crippen molar-refractivity contribution in [2.24, 2.45) is 0 Å². The Kier molecular flexibility index (Phi) is 4.18. The summed E-state index contributed by atoms with van der Waals surface area (Å²) in [6, 6.07) is 14.4. The molecule has 1 amide bonds. The second-order valence-electron chi connectivity index (χ2n) is 6.10. The van der Waals surface area contributed by atoms with Crippen LogP contribution < -0.4 is 11.0 Å². The molecule has 0 aliphatic carbocycles. The number of benzene rings is 2. The van der Waals surface area contributed by atoms with Gasteiger partial charge in [0.15, 0.2) is 0 Å². The molecule has 7 nitrogen and oxygen atoms in total. The number of rotatable bonds is 4. The zero-order chi connectivity index (χ0) is 18.8. The summed E-state index contributed by atoms with van der Waals surface area (Å²) in [5.74, 6) is -0.249. The number of carbonyl (C=O) groups excluding carboxylic acids is 1. The monoisotopic (exact) mass is 359 g/mol. The first-order valence-corrected chi connectivity index (χ1v) is 8.39. The smallest absolute Gasteiger partial charge is 0.322 e. The van der Waals surface area contributed by atoms with Crippen LogP contribution in [0.4, 0.5) is 5.69 Å². The molecule has 4 rings (SSSR count). The number of nitrogens with zero attached hydrogens (tertiary/aromatic N) is 3. The minimum atomic E-state index is -0.249. The van der Waals surface area contributed by atoms with E-state index in [1.807, 2.05) is 42.0 Å². The fraction of sp³-hybridized carbons (Fsp3) is 0.0500. The topological polar surface area (TPSA) is 84.7 Å². The average Bonchev–Trinajstić information content (AvgIpc) is 3.32. The molecule has 134 valence electrons. The van der Waals surface area contributed by atoms with Crippen LogP contribution in [0.3, 0.4) is 0 Å². The zero-order valence-corrected chi connectivity index (χ0v) is 14.6. The van der Waals surface area contributed by atoms with Crippen LogP contribution in [0.1, 0.15) is 16.1 Å². The second kappa shape index (κ2) is 6.80. The van der Waals surface area contributed by atoms with E-state index in [1.165, 1.54) is 4.57 Å². The largest absolute Gasteiger partial charge is 0.330 e. The average molecular weight is 359 g/mol. The van der Waals surface area contributed by atoms with Crippen LogP contribution in [0.15, 0.2) is 78.2 Å². The predicted molar refractivity (Wildman–Crippen MR) is 103 cm³/mol. The molecule has 0 unspecified atom stereocenters. The number of anilines is 1. The fourth-order valence-corrected chi connectivity index (χ4v) is 2.92. The maximum atomic E-state index is 12.7. The van der Waals surface area contributed by atoms with Gasteiger partial charge in [-0.25, -0.2) is 9.78 Å². The molecule has 4 aromatic rings. The third kappa shape index (κ3) is 3.30. The maximum absolute atomic E-state index is 12.7. The number of aryl methyl sites for hydroxylation is 1. The van der Waals surface area contributed by atoms with Crippen LogP contribution in [0.2, 0.25) is 0 Å². The summed E-state index contributed by atoms with van der Waals surface area (Å²) in [6.07, 6.45) is 6.86. The standard InChI is InChI=1S/C20H17N5O2/c1-14-12-22-20(27)25(14)18-7-2-4-15(10-18)19(26)23-16-5-3-6-17(11-16)24-9-8-21-13-24/h2-13H,1H3,(H,22,27)(H,23,26). The van der Waals surface area contributed by atoms with E-state index in [0.717, 1.165) is 11.4 Å². The molecule has 2 aromatic heterocycles. The summed E-state index contributed by atoms with van der Waals surface area (Å²) >= 11 is 0. The van der Waals surface area contributed by atoms with Gasteiger partial charge >= 0.3 is 5.69 Å². The Balaban J connectivity index is 1.60. The van der Waals surface area contributed by atoms with Gasteiger partial charge in [0.1, 0.15) is 0 Å². The third-order valence-electron chi connectivity index (χ3n) is 4.23. The highest BCUT2D eigenvalue weighted by molar-refractivity contribution is 6.04. The molecule has 2 aromatic carbocycles. The fourth-order valence-electron chi connectivity index (χ4n) is 2.92. The van der Waals surface area contributed by atoms with Crippen molar-refractivity contribution in [3.63, 3.8) is 0 Å². The van der Waals surface area contributed by atoms with E-state index in [1.54, 1.807) is 43.0 Å². The number of aromatic nitrogens is 4. The van der Waals surface area contributed by atoms with Gasteiger partial charge in [0.25, 0.3) is 5.91 Å². The molecular formula is C20H17N5O2. The Morgan fingerprint density at radius 2 is 1.93 bits per heavy atom. The van der Waals surface area contributed by atoms with Crippen LogP contribution in [0.5, 0.6) is 0 Å². The van der Waals surface area contributed by atoms with Crippen molar-refractivity contribution in [2.75, 3.05) is 5.32 Å². The van der Waals surface area contributed by atoms with E-state index in [4.69, 9.17) is 0 Å². The van der Waals surface area contributed by atoms with Crippen LogP contribution in [-0.4, -0.2) is 25.0 Å². The van der Waals surface area contributed by atoms with Crippen molar-refractivity contribution < 1.29 is 4.79 Å². The van der Waals surface area contributed by atoms with Crippen LogP contribution in [-0.2, 0) is 0 Å². The van der Waals surface area contributed by atoms with Gasteiger partial charge in [-0.3, -0.25) is 9.36 Å². The van der Waals surface area contributed by atoms with Gasteiger partial charge in [-0.05, 0) is 43.3 Å². The molecule has 0 spiro atoms. The first-order chi connectivity index (χ1) is 13.1. The molecule has 0 radical (unpaired) electrons. The molecule has 0 saturated heterocycles. The van der Waals surface area contributed by atoms with Crippen molar-refractivity contribution in [3.05, 3.63) is 95.2 Å². The Bertz CT molecular complexity index is 1160. The first kappa shape index (κ1) is 16.6. The lowest BCUT2D eigenvalue weighted by Gasteiger charge is -2.10. The molecular weight excluding hydrogens is 342 g/mol. The molecule has 27 heavy (non-hydrogen) atoms. The highest BCUT2D eigenvalue weighted by atomic mass is 16.2. The van der Waals surface area contributed by atoms with E-state index in [9.17, 15) is 9.59 Å². The number of amides is 1. The SMILES string of the molecule is Cc1c[nH]c(=O)n1-c1cccc(C(=O)Nc2cccc(-n3ccnc3)c2)c1. The minimum Gasteiger partial charge on any atom is -0.322 e. The summed E-state index contributed by atoms with van der Waals surface area (Å²) in [6.45, 7) is 1.83. The number of hydrogen-bond donors (Lipinski definition) is 2. The Labute approximate surface area is 154 Å². The summed E-state index contributed by atoms with van der Waals surface area (Å²) in [5.41, 5.74) is 3.20. The minimum absolute atomic E-state index is 0.238. The van der Waals surface area contributed by atoms with E-state index < -0.39 is 0 Å². The number of nitrogens with one attached hydrogen (secondary N) is 2. The molecule has 0 bridgehead atoms. The number of H-pyrrole nitrogens is 1. The summed E-state index contributed by atoms with van der Waals surface area (Å²) < 4.78 is 3.38. The highest BCUT2D eigenvalue weighted by Crippen LogP contribution is 2.17. The van der Waals surface area contributed by atoms with Gasteiger partial charge in [0, 0.05) is 41.2 Å². The van der Waals surface area contributed by atoms with Crippen molar-refractivity contribution in [1.29, 1.82) is 0 Å². The molecule has 0 saturated carbocycles. The molecule has 0 fully saturated rings. The number of imidazole rings is 2. The summed E-state index contributed by atoms with van der Waals surface area (Å²) in [7, 11) is 0. The molecule has 0 aliphatic rings. The first-order valence-electron chi connectivity index (χ1n) is 8.39. The van der Waals surface area contributed by atoms with Crippen molar-refractivity contribution in [2.45, 2.75) is 6.92 Å². The van der Waals surface area contributed by atoms with Crippen molar-refractivity contribution >= 4 is 11.6 Å². The van der Waals surface area contributed by atoms with E-state index >= 15 is 0 Å². The third-order valence-corrected chi connectivity index (χ3v) is 4.23. The van der Waals surface area contributed by atoms with Gasteiger partial charge in [0.05, 0.1) is 12.0 Å². The summed E-state index contributed by atoms with van der Waals surface area (Å²) in [4.78, 5) is 31.3. The summed E-state index contributed by atoms with van der Waals surface area (Å²) in [5, 5.41) is 2.89. The maximum Gasteiger partial charge on any atom is 0.330 e. The molecule has 2 N–H and O–H groups in total. The van der Waals surface area contributed by atoms with Gasteiger partial charge in [-0.15, -0.1) is 0 Å². The van der Waals surface area contributed by atoms with E-state index in [-0.39, 0.29) is 11.6 Å². The lowest BCUT2D eigenvalue weighted by atomic mass is 10.1. The Morgan fingerprint density at radius 1 is 1.11 bits per heavy atom. The lowest BCUT2D eigenvalue weighted by Crippen LogP contribution is -2.17. The number of carbonyl (C=O) groups is 1. The molecule has 7 heteroatoms. The predicted octanol–water partition coefficient (Wildman–Crippen LogP) is 2.91. The molecule has 2 heterocycles. The molecule has 0 atom stereocenters. The van der Waals surface area contributed by atoms with E-state index in [0.29, 0.717) is 16.9 Å². The van der Waals surface area contributed by atoms with Crippen LogP contribution in [0, 0.1) is 6.92 Å². The van der Waals surface area contributed by atoms with Gasteiger partial charge in [-0.2, -0.15) is 0 Å². The van der Waals surface area contributed by atoms with Crippen molar-refractivity contribution in [1.82, 2.24) is 19.1 Å². The zero-order valence-electron chi connectivity index (χ0n) is 14.6. The van der Waals surface area contributed by atoms with Gasteiger partial charge in [0.2, 0.25) is 0 Å². The number of aromatic amines is 1. The Hall–Kier alpha value is -3.87. The van der Waals surface area contributed by atoms with Crippen LogP contribution in [0.25, 0.3) is 11.4 Å². The van der Waals surface area contributed by atoms with E-state index in [2.05, 4.69) is 15.3 Å². The van der Waals surface area contributed by atoms with Gasteiger partial charge < -0.3 is 14.9 Å². The Morgan fingerprint density at radius 3 is 2.67 bits per heavy atom. The highest BCUT2D eigenvalue weighted by Gasteiger charge is 2.10.